The Hall–Kier alpha value is -2.86. The van der Waals surface area contributed by atoms with E-state index in [0.717, 1.165) is 5.56 Å². The molecule has 2 N–H and O–H groups in total. The molecule has 6 nitrogen and oxygen atoms in total. The molecule has 0 saturated carbocycles. The van der Waals surface area contributed by atoms with Crippen LogP contribution in [0.2, 0.25) is 0 Å². The molecule has 0 aliphatic carbocycles. The number of carbonyl (C=O) groups is 2. The largest absolute Gasteiger partial charge is 0.508 e. The summed E-state index contributed by atoms with van der Waals surface area (Å²) in [5, 5.41) is 12.4. The molecule has 0 aromatic heterocycles. The Morgan fingerprint density at radius 3 is 2.56 bits per heavy atom. The summed E-state index contributed by atoms with van der Waals surface area (Å²) >= 11 is 0. The van der Waals surface area contributed by atoms with Crippen LogP contribution in [0.25, 0.3) is 0 Å². The van der Waals surface area contributed by atoms with E-state index in [1.54, 1.807) is 25.1 Å². The van der Waals surface area contributed by atoms with Gasteiger partial charge in [0.1, 0.15) is 11.8 Å². The minimum absolute atomic E-state index is 0.0877. The van der Waals surface area contributed by atoms with Gasteiger partial charge in [0.15, 0.2) is 0 Å². The Morgan fingerprint density at radius 2 is 1.85 bits per heavy atom. The molecule has 1 amide bonds. The molecule has 2 aromatic rings. The summed E-state index contributed by atoms with van der Waals surface area (Å²) in [5.41, 5.74) is 1.56. The third-order valence-corrected chi connectivity index (χ3v) is 4.70. The van der Waals surface area contributed by atoms with E-state index in [4.69, 9.17) is 4.74 Å². The zero-order chi connectivity index (χ0) is 19.2. The van der Waals surface area contributed by atoms with E-state index in [1.165, 1.54) is 6.07 Å². The van der Waals surface area contributed by atoms with Gasteiger partial charge in [0.05, 0.1) is 12.6 Å². The molecular formula is C21H24N2O4. The molecule has 0 radical (unpaired) electrons. The SMILES string of the molecule is CCOC(=O)[C@H]1CC[C@@H](C(=O)Nc2cccc(O)c2)N1Cc1ccccc1. The van der Waals surface area contributed by atoms with Crippen molar-refractivity contribution in [2.45, 2.75) is 38.4 Å². The number of hydrogen-bond acceptors (Lipinski definition) is 5. The third kappa shape index (κ3) is 4.65. The quantitative estimate of drug-likeness (QED) is 0.767. The van der Waals surface area contributed by atoms with Crippen molar-refractivity contribution in [3.8, 4) is 5.75 Å². The molecule has 142 valence electrons. The van der Waals surface area contributed by atoms with Gasteiger partial charge in [0.25, 0.3) is 0 Å². The second-order valence-corrected chi connectivity index (χ2v) is 6.56. The summed E-state index contributed by atoms with van der Waals surface area (Å²) in [4.78, 5) is 27.2. The number of nitrogens with one attached hydrogen (secondary N) is 1. The monoisotopic (exact) mass is 368 g/mol. The van der Waals surface area contributed by atoms with Crippen LogP contribution >= 0.6 is 0 Å². The van der Waals surface area contributed by atoms with E-state index in [1.807, 2.05) is 35.2 Å². The smallest absolute Gasteiger partial charge is 0.323 e. The summed E-state index contributed by atoms with van der Waals surface area (Å²) < 4.78 is 5.21. The van der Waals surface area contributed by atoms with Gasteiger partial charge < -0.3 is 15.2 Å². The highest BCUT2D eigenvalue weighted by atomic mass is 16.5. The average Bonchev–Trinajstić information content (AvgIpc) is 3.06. The van der Waals surface area contributed by atoms with E-state index in [0.29, 0.717) is 31.7 Å². The molecule has 1 heterocycles. The van der Waals surface area contributed by atoms with Gasteiger partial charge in [0.2, 0.25) is 5.91 Å². The summed E-state index contributed by atoms with van der Waals surface area (Å²) in [5.74, 6) is -0.394. The summed E-state index contributed by atoms with van der Waals surface area (Å²) in [6.45, 7) is 2.58. The first-order valence-corrected chi connectivity index (χ1v) is 9.14. The van der Waals surface area contributed by atoms with Gasteiger partial charge in [-0.2, -0.15) is 0 Å². The lowest BCUT2D eigenvalue weighted by Crippen LogP contribution is -2.46. The highest BCUT2D eigenvalue weighted by Crippen LogP contribution is 2.28. The molecule has 2 atom stereocenters. The van der Waals surface area contributed by atoms with Crippen LogP contribution in [0.15, 0.2) is 54.6 Å². The Labute approximate surface area is 158 Å². The number of phenolic OH excluding ortho intramolecular Hbond substituents is 1. The van der Waals surface area contributed by atoms with Gasteiger partial charge in [-0.1, -0.05) is 36.4 Å². The van der Waals surface area contributed by atoms with Crippen molar-refractivity contribution in [1.82, 2.24) is 4.90 Å². The van der Waals surface area contributed by atoms with Crippen LogP contribution < -0.4 is 5.32 Å². The van der Waals surface area contributed by atoms with E-state index in [-0.39, 0.29) is 17.6 Å². The molecule has 3 rings (SSSR count). The molecule has 2 aromatic carbocycles. The molecular weight excluding hydrogens is 344 g/mol. The number of ether oxygens (including phenoxy) is 1. The molecule has 0 unspecified atom stereocenters. The maximum Gasteiger partial charge on any atom is 0.323 e. The minimum atomic E-state index is -0.443. The van der Waals surface area contributed by atoms with Crippen LogP contribution in [0, 0.1) is 0 Å². The minimum Gasteiger partial charge on any atom is -0.508 e. The summed E-state index contributed by atoms with van der Waals surface area (Å²) in [6, 6.07) is 15.3. The van der Waals surface area contributed by atoms with Crippen molar-refractivity contribution in [2.24, 2.45) is 0 Å². The van der Waals surface area contributed by atoms with E-state index < -0.39 is 12.1 Å². The Morgan fingerprint density at radius 1 is 1.11 bits per heavy atom. The normalized spacial score (nSPS) is 19.6. The van der Waals surface area contributed by atoms with Gasteiger partial charge in [-0.15, -0.1) is 0 Å². The molecule has 1 saturated heterocycles. The number of carbonyl (C=O) groups excluding carboxylic acids is 2. The molecule has 0 spiro atoms. The Bertz CT molecular complexity index is 794. The second kappa shape index (κ2) is 8.68. The number of phenols is 1. The lowest BCUT2D eigenvalue weighted by molar-refractivity contribution is -0.149. The third-order valence-electron chi connectivity index (χ3n) is 4.70. The molecule has 1 fully saturated rings. The van der Waals surface area contributed by atoms with Crippen molar-refractivity contribution in [2.75, 3.05) is 11.9 Å². The van der Waals surface area contributed by atoms with E-state index in [9.17, 15) is 14.7 Å². The van der Waals surface area contributed by atoms with Crippen LogP contribution in [-0.2, 0) is 20.9 Å². The van der Waals surface area contributed by atoms with Crippen molar-refractivity contribution in [1.29, 1.82) is 0 Å². The van der Waals surface area contributed by atoms with Crippen LogP contribution in [0.5, 0.6) is 5.75 Å². The predicted molar refractivity (Wildman–Crippen MR) is 102 cm³/mol. The number of rotatable bonds is 6. The number of benzene rings is 2. The topological polar surface area (TPSA) is 78.9 Å². The number of nitrogens with zero attached hydrogens (tertiary/aromatic N) is 1. The number of likely N-dealkylation sites (tertiary alicyclic amines) is 1. The first kappa shape index (κ1) is 18.9. The van der Waals surface area contributed by atoms with Crippen molar-refractivity contribution in [3.63, 3.8) is 0 Å². The highest BCUT2D eigenvalue weighted by Gasteiger charge is 2.42. The van der Waals surface area contributed by atoms with Crippen molar-refractivity contribution in [3.05, 3.63) is 60.2 Å². The molecule has 1 aliphatic heterocycles. The maximum absolute atomic E-state index is 12.9. The van der Waals surface area contributed by atoms with E-state index in [2.05, 4.69) is 5.32 Å². The van der Waals surface area contributed by atoms with Gasteiger partial charge >= 0.3 is 5.97 Å². The fourth-order valence-electron chi connectivity index (χ4n) is 3.46. The van der Waals surface area contributed by atoms with Crippen molar-refractivity contribution < 1.29 is 19.4 Å². The van der Waals surface area contributed by atoms with Crippen LogP contribution in [0.4, 0.5) is 5.69 Å². The predicted octanol–water partition coefficient (Wildman–Crippen LogP) is 2.93. The number of esters is 1. The Balaban J connectivity index is 1.79. The summed E-state index contributed by atoms with van der Waals surface area (Å²) in [6.07, 6.45) is 1.14. The molecule has 6 heteroatoms. The zero-order valence-corrected chi connectivity index (χ0v) is 15.3. The zero-order valence-electron chi connectivity index (χ0n) is 15.3. The number of hydrogen-bond donors (Lipinski definition) is 2. The van der Waals surface area contributed by atoms with Crippen LogP contribution in [0.3, 0.4) is 0 Å². The first-order chi connectivity index (χ1) is 13.1. The molecule has 1 aliphatic rings. The molecule has 0 bridgehead atoms. The van der Waals surface area contributed by atoms with Crippen molar-refractivity contribution >= 4 is 17.6 Å². The second-order valence-electron chi connectivity index (χ2n) is 6.56. The lowest BCUT2D eigenvalue weighted by atomic mass is 10.1. The number of aromatic hydroxyl groups is 1. The van der Waals surface area contributed by atoms with Gasteiger partial charge in [-0.3, -0.25) is 14.5 Å². The first-order valence-electron chi connectivity index (χ1n) is 9.14. The van der Waals surface area contributed by atoms with Gasteiger partial charge in [-0.05, 0) is 37.5 Å². The standard InChI is InChI=1S/C21H24N2O4/c1-2-27-21(26)19-12-11-18(23(19)14-15-7-4-3-5-8-15)20(25)22-16-9-6-10-17(24)13-16/h3-10,13,18-19,24H,2,11-12,14H2,1H3,(H,22,25)/t18-,19+/m0/s1. The average molecular weight is 368 g/mol. The van der Waals surface area contributed by atoms with Gasteiger partial charge in [0, 0.05) is 18.3 Å². The maximum atomic E-state index is 12.9. The summed E-state index contributed by atoms with van der Waals surface area (Å²) in [7, 11) is 0. The van der Waals surface area contributed by atoms with Gasteiger partial charge in [-0.25, -0.2) is 0 Å². The highest BCUT2D eigenvalue weighted by molar-refractivity contribution is 5.96. The van der Waals surface area contributed by atoms with E-state index >= 15 is 0 Å². The molecule has 27 heavy (non-hydrogen) atoms. The fourth-order valence-corrected chi connectivity index (χ4v) is 3.46. The lowest BCUT2D eigenvalue weighted by Gasteiger charge is -2.28. The Kier molecular flexibility index (Phi) is 6.08. The van der Waals surface area contributed by atoms with Crippen LogP contribution in [-0.4, -0.2) is 40.6 Å². The fraction of sp³-hybridized carbons (Fsp3) is 0.333. The number of anilines is 1. The number of amides is 1. The van der Waals surface area contributed by atoms with Crippen LogP contribution in [0.1, 0.15) is 25.3 Å².